The van der Waals surface area contributed by atoms with Crippen molar-refractivity contribution in [3.05, 3.63) is 54.6 Å². The van der Waals surface area contributed by atoms with Gasteiger partial charge in [0.25, 0.3) is 0 Å². The maximum absolute atomic E-state index is 12.5. The first kappa shape index (κ1) is 35.1. The highest BCUT2D eigenvalue weighted by Crippen LogP contribution is 2.39. The molecular formula is C33H54O7Si. The first-order valence-corrected chi connectivity index (χ1v) is 17.7. The smallest absolute Gasteiger partial charge is 0.497 e. The van der Waals surface area contributed by atoms with Gasteiger partial charge in [-0.1, -0.05) is 51.1 Å². The van der Waals surface area contributed by atoms with Gasteiger partial charge in [0, 0.05) is 25.9 Å². The lowest BCUT2D eigenvalue weighted by Gasteiger charge is -2.41. The Morgan fingerprint density at radius 2 is 1.80 bits per heavy atom. The molecule has 232 valence electrons. The Morgan fingerprint density at radius 3 is 2.39 bits per heavy atom. The van der Waals surface area contributed by atoms with Crippen molar-refractivity contribution in [2.45, 2.75) is 128 Å². The van der Waals surface area contributed by atoms with E-state index < -0.39 is 26.2 Å². The molecule has 8 heteroatoms. The van der Waals surface area contributed by atoms with Crippen molar-refractivity contribution in [2.75, 3.05) is 13.7 Å². The summed E-state index contributed by atoms with van der Waals surface area (Å²) >= 11 is 0. The average molecular weight is 591 g/mol. The fourth-order valence-corrected chi connectivity index (χ4v) is 5.68. The molecule has 0 saturated heterocycles. The van der Waals surface area contributed by atoms with Crippen LogP contribution >= 0.6 is 0 Å². The second-order valence-corrected chi connectivity index (χ2v) is 18.1. The number of methoxy groups -OCH3 is 1. The normalized spacial score (nSPS) is 19.3. The Balaban J connectivity index is 2.00. The third-order valence-electron chi connectivity index (χ3n) is 7.50. The number of carbonyl (C=O) groups excluding carboxylic acids is 1. The number of ether oxygens (including phenoxy) is 5. The molecule has 0 aromatic heterocycles. The van der Waals surface area contributed by atoms with E-state index in [2.05, 4.69) is 52.6 Å². The summed E-state index contributed by atoms with van der Waals surface area (Å²) in [6.07, 6.45) is 8.30. The molecule has 0 saturated carbocycles. The van der Waals surface area contributed by atoms with Crippen LogP contribution in [0.3, 0.4) is 0 Å². The molecule has 1 aliphatic rings. The van der Waals surface area contributed by atoms with Crippen molar-refractivity contribution < 1.29 is 32.9 Å². The van der Waals surface area contributed by atoms with Gasteiger partial charge < -0.3 is 28.1 Å². The SMILES string of the molecule is C=CC[C@H](C[C@H](C[C@@H]1C=CC[C@@H](CCOCc2ccc(OC)cc2)O1)O[Si](C)(C)C(C)(C)C)OC(=O)OC(C)(C)C. The summed E-state index contributed by atoms with van der Waals surface area (Å²) in [5.74, 6) is 0.838. The number of hydrogen-bond donors (Lipinski definition) is 0. The van der Waals surface area contributed by atoms with E-state index in [0.717, 1.165) is 24.2 Å². The summed E-state index contributed by atoms with van der Waals surface area (Å²) in [6.45, 7) is 21.7. The monoisotopic (exact) mass is 590 g/mol. The van der Waals surface area contributed by atoms with Crippen LogP contribution in [0.25, 0.3) is 0 Å². The van der Waals surface area contributed by atoms with E-state index >= 15 is 0 Å². The van der Waals surface area contributed by atoms with Gasteiger partial charge in [-0.2, -0.15) is 0 Å². The Kier molecular flexibility index (Phi) is 13.6. The lowest BCUT2D eigenvalue weighted by atomic mass is 10.0. The van der Waals surface area contributed by atoms with Crippen LogP contribution in [0, 0.1) is 0 Å². The van der Waals surface area contributed by atoms with Crippen LogP contribution in [-0.2, 0) is 30.0 Å². The molecule has 0 radical (unpaired) electrons. The maximum atomic E-state index is 12.5. The van der Waals surface area contributed by atoms with Gasteiger partial charge in [-0.3, -0.25) is 0 Å². The van der Waals surface area contributed by atoms with E-state index in [0.29, 0.717) is 32.5 Å². The quantitative estimate of drug-likeness (QED) is 0.0879. The summed E-state index contributed by atoms with van der Waals surface area (Å²) in [7, 11) is -0.444. The lowest BCUT2D eigenvalue weighted by molar-refractivity contribution is -0.0492. The number of rotatable bonds is 15. The average Bonchev–Trinajstić information content (AvgIpc) is 2.85. The minimum absolute atomic E-state index is 0.0399. The van der Waals surface area contributed by atoms with Gasteiger partial charge in [0.15, 0.2) is 8.32 Å². The van der Waals surface area contributed by atoms with Crippen molar-refractivity contribution in [1.29, 1.82) is 0 Å². The van der Waals surface area contributed by atoms with E-state index in [1.165, 1.54) is 0 Å². The summed E-state index contributed by atoms with van der Waals surface area (Å²) in [4.78, 5) is 12.5. The molecule has 0 unspecified atom stereocenters. The maximum Gasteiger partial charge on any atom is 0.509 e. The van der Waals surface area contributed by atoms with E-state index in [-0.39, 0.29) is 23.4 Å². The summed E-state index contributed by atoms with van der Waals surface area (Å²) < 4.78 is 35.7. The standard InChI is InChI=1S/C33H54O7Si/c1-11-13-28(38-31(34)39-32(2,3)4)22-30(40-41(9,10)33(5,6)7)23-29-15-12-14-27(37-29)20-21-36-24-25-16-18-26(35-8)19-17-25/h11-12,15-19,27-30H,1,13-14,20-24H2,2-10H3/t27-,28+,29-,30+/m0/s1. The van der Waals surface area contributed by atoms with Crippen molar-refractivity contribution in [2.24, 2.45) is 0 Å². The van der Waals surface area contributed by atoms with E-state index in [1.54, 1.807) is 13.2 Å². The third kappa shape index (κ3) is 13.1. The van der Waals surface area contributed by atoms with Gasteiger partial charge in [-0.05, 0) is 69.4 Å². The molecule has 0 spiro atoms. The fourth-order valence-electron chi connectivity index (χ4n) is 4.30. The molecule has 1 heterocycles. The van der Waals surface area contributed by atoms with Gasteiger partial charge in [0.2, 0.25) is 0 Å². The van der Waals surface area contributed by atoms with Crippen molar-refractivity contribution in [3.63, 3.8) is 0 Å². The number of carbonyl (C=O) groups is 1. The molecule has 7 nitrogen and oxygen atoms in total. The van der Waals surface area contributed by atoms with Gasteiger partial charge in [-0.25, -0.2) is 4.79 Å². The second kappa shape index (κ2) is 15.9. The molecule has 0 amide bonds. The second-order valence-electron chi connectivity index (χ2n) is 13.3. The predicted molar refractivity (Wildman–Crippen MR) is 167 cm³/mol. The molecule has 0 fully saturated rings. The summed E-state index contributed by atoms with van der Waals surface area (Å²) in [6, 6.07) is 7.92. The molecule has 0 aliphatic carbocycles. The molecule has 1 aliphatic heterocycles. The van der Waals surface area contributed by atoms with E-state index in [1.807, 2.05) is 45.0 Å². The lowest BCUT2D eigenvalue weighted by Crippen LogP contribution is -2.46. The zero-order valence-electron chi connectivity index (χ0n) is 26.9. The van der Waals surface area contributed by atoms with Crippen LogP contribution in [0.15, 0.2) is 49.1 Å². The molecule has 2 rings (SSSR count). The Labute approximate surface area is 249 Å². The van der Waals surface area contributed by atoms with Crippen molar-refractivity contribution in [1.82, 2.24) is 0 Å². The van der Waals surface area contributed by atoms with E-state index in [4.69, 9.17) is 28.1 Å². The van der Waals surface area contributed by atoms with Crippen LogP contribution in [0.1, 0.15) is 79.2 Å². The Hall–Kier alpha value is -2.13. The van der Waals surface area contributed by atoms with Crippen LogP contribution in [-0.4, -0.2) is 58.2 Å². The predicted octanol–water partition coefficient (Wildman–Crippen LogP) is 8.38. The molecule has 1 aromatic carbocycles. The van der Waals surface area contributed by atoms with Crippen LogP contribution in [0.5, 0.6) is 5.75 Å². The van der Waals surface area contributed by atoms with Crippen molar-refractivity contribution >= 4 is 14.5 Å². The topological polar surface area (TPSA) is 72.5 Å². The molecular weight excluding hydrogens is 536 g/mol. The highest BCUT2D eigenvalue weighted by atomic mass is 28.4. The zero-order chi connectivity index (χ0) is 30.7. The number of hydrogen-bond acceptors (Lipinski definition) is 7. The van der Waals surface area contributed by atoms with Crippen molar-refractivity contribution in [3.8, 4) is 5.75 Å². The number of benzene rings is 1. The minimum atomic E-state index is -2.11. The first-order chi connectivity index (χ1) is 19.1. The molecule has 4 atom stereocenters. The molecule has 0 N–H and O–H groups in total. The van der Waals surface area contributed by atoms with Crippen LogP contribution in [0.4, 0.5) is 4.79 Å². The first-order valence-electron chi connectivity index (χ1n) is 14.8. The van der Waals surface area contributed by atoms with E-state index in [9.17, 15) is 4.79 Å². The fraction of sp³-hybridized carbons (Fsp3) is 0.667. The zero-order valence-corrected chi connectivity index (χ0v) is 27.9. The molecule has 0 bridgehead atoms. The van der Waals surface area contributed by atoms with Gasteiger partial charge in [-0.15, -0.1) is 6.58 Å². The molecule has 41 heavy (non-hydrogen) atoms. The summed E-state index contributed by atoms with van der Waals surface area (Å²) in [5.41, 5.74) is 0.488. The van der Waals surface area contributed by atoms with Crippen LogP contribution < -0.4 is 4.74 Å². The largest absolute Gasteiger partial charge is 0.509 e. The Morgan fingerprint density at radius 1 is 1.12 bits per heavy atom. The van der Waals surface area contributed by atoms with Gasteiger partial charge in [0.1, 0.15) is 17.5 Å². The van der Waals surface area contributed by atoms with Gasteiger partial charge in [0.05, 0.1) is 32.0 Å². The highest BCUT2D eigenvalue weighted by Gasteiger charge is 2.40. The Bertz CT molecular complexity index is 959. The van der Waals surface area contributed by atoms with Crippen LogP contribution in [0.2, 0.25) is 18.1 Å². The minimum Gasteiger partial charge on any atom is -0.497 e. The molecule has 1 aromatic rings. The van der Waals surface area contributed by atoms with Gasteiger partial charge >= 0.3 is 6.16 Å². The third-order valence-corrected chi connectivity index (χ3v) is 12.0. The highest BCUT2D eigenvalue weighted by molar-refractivity contribution is 6.74. The summed E-state index contributed by atoms with van der Waals surface area (Å²) in [5, 5.41) is 0.0399.